The van der Waals surface area contributed by atoms with Gasteiger partial charge in [0, 0.05) is 13.1 Å². The number of hydrogen-bond acceptors (Lipinski definition) is 5. The highest BCUT2D eigenvalue weighted by Gasteiger charge is 2.31. The van der Waals surface area contributed by atoms with Gasteiger partial charge in [0.05, 0.1) is 24.1 Å². The zero-order valence-corrected chi connectivity index (χ0v) is 11.7. The molecule has 1 aromatic rings. The maximum atomic E-state index is 11.8. The van der Waals surface area contributed by atoms with Gasteiger partial charge in [-0.05, 0) is 38.7 Å². The van der Waals surface area contributed by atoms with Crippen molar-refractivity contribution in [3.05, 3.63) is 17.8 Å². The molecule has 0 aromatic carbocycles. The lowest BCUT2D eigenvalue weighted by Crippen LogP contribution is -2.31. The van der Waals surface area contributed by atoms with Gasteiger partial charge >= 0.3 is 5.97 Å². The molecule has 0 bridgehead atoms. The van der Waals surface area contributed by atoms with Crippen molar-refractivity contribution in [2.75, 3.05) is 24.3 Å². The van der Waals surface area contributed by atoms with E-state index in [0.717, 1.165) is 11.7 Å². The molecule has 1 aliphatic rings. The Balaban J connectivity index is 2.21. The van der Waals surface area contributed by atoms with Crippen molar-refractivity contribution < 1.29 is 9.53 Å². The summed E-state index contributed by atoms with van der Waals surface area (Å²) in [5.41, 5.74) is 6.53. The maximum absolute atomic E-state index is 11.8. The fourth-order valence-electron chi connectivity index (χ4n) is 2.14. The third-order valence-electron chi connectivity index (χ3n) is 3.69. The summed E-state index contributed by atoms with van der Waals surface area (Å²) in [6.45, 7) is 4.29. The first-order chi connectivity index (χ1) is 9.04. The number of anilines is 2. The number of carbonyl (C=O) groups excluding carboxylic acids is 1. The minimum atomic E-state index is -0.392. The third-order valence-corrected chi connectivity index (χ3v) is 3.69. The topological polar surface area (TPSA) is 68.5 Å². The first-order valence-electron chi connectivity index (χ1n) is 6.70. The number of aromatic nitrogens is 1. The molecular weight excluding hydrogens is 242 g/mol. The van der Waals surface area contributed by atoms with Crippen LogP contribution in [0.5, 0.6) is 0 Å². The van der Waals surface area contributed by atoms with E-state index < -0.39 is 5.97 Å². The number of esters is 1. The minimum absolute atomic E-state index is 0.338. The summed E-state index contributed by atoms with van der Waals surface area (Å²) in [4.78, 5) is 18.2. The quantitative estimate of drug-likeness (QED) is 0.824. The van der Waals surface area contributed by atoms with E-state index in [1.165, 1.54) is 19.0 Å². The van der Waals surface area contributed by atoms with Gasteiger partial charge in [0.25, 0.3) is 0 Å². The number of hydrogen-bond donors (Lipinski definition) is 1. The average molecular weight is 263 g/mol. The Kier molecular flexibility index (Phi) is 3.93. The Hall–Kier alpha value is -1.78. The molecule has 0 amide bonds. The van der Waals surface area contributed by atoms with Gasteiger partial charge in [-0.1, -0.05) is 0 Å². The van der Waals surface area contributed by atoms with Crippen LogP contribution in [-0.2, 0) is 4.74 Å². The second-order valence-corrected chi connectivity index (χ2v) is 5.04. The average Bonchev–Trinajstić information content (AvgIpc) is 3.22. The molecule has 0 aliphatic heterocycles. The molecule has 104 valence electrons. The van der Waals surface area contributed by atoms with Crippen LogP contribution in [0.1, 0.15) is 37.0 Å². The standard InChI is InChI=1S/C14H21N3O2/c1-4-19-14(18)11-7-13(16-8-12(11)15)17(3)9(2)10-5-6-10/h7-10H,4-6,15H2,1-3H3. The molecule has 0 radical (unpaired) electrons. The van der Waals surface area contributed by atoms with Crippen LogP contribution >= 0.6 is 0 Å². The smallest absolute Gasteiger partial charge is 0.340 e. The van der Waals surface area contributed by atoms with E-state index in [4.69, 9.17) is 10.5 Å². The van der Waals surface area contributed by atoms with Crippen molar-refractivity contribution in [2.24, 2.45) is 5.92 Å². The van der Waals surface area contributed by atoms with E-state index in [9.17, 15) is 4.79 Å². The van der Waals surface area contributed by atoms with Gasteiger partial charge in [-0.2, -0.15) is 0 Å². The van der Waals surface area contributed by atoms with Gasteiger partial charge in [-0.3, -0.25) is 0 Å². The molecule has 1 atom stereocenters. The van der Waals surface area contributed by atoms with Crippen molar-refractivity contribution in [1.82, 2.24) is 4.98 Å². The lowest BCUT2D eigenvalue weighted by atomic mass is 10.1. The molecule has 19 heavy (non-hydrogen) atoms. The van der Waals surface area contributed by atoms with Gasteiger partial charge in [-0.25, -0.2) is 9.78 Å². The minimum Gasteiger partial charge on any atom is -0.462 e. The van der Waals surface area contributed by atoms with Crippen LogP contribution < -0.4 is 10.6 Å². The van der Waals surface area contributed by atoms with Crippen LogP contribution in [0.25, 0.3) is 0 Å². The predicted octanol–water partition coefficient (Wildman–Crippen LogP) is 2.08. The van der Waals surface area contributed by atoms with Crippen LogP contribution in [0.15, 0.2) is 12.3 Å². The Bertz CT molecular complexity index is 472. The monoisotopic (exact) mass is 263 g/mol. The SMILES string of the molecule is CCOC(=O)c1cc(N(C)C(C)C2CC2)ncc1N. The number of nitrogens with two attached hydrogens (primary N) is 1. The van der Waals surface area contributed by atoms with Crippen molar-refractivity contribution in [3.8, 4) is 0 Å². The highest BCUT2D eigenvalue weighted by molar-refractivity contribution is 5.95. The summed E-state index contributed by atoms with van der Waals surface area (Å²) in [6.07, 6.45) is 4.06. The van der Waals surface area contributed by atoms with Gasteiger partial charge in [-0.15, -0.1) is 0 Å². The lowest BCUT2D eigenvalue weighted by Gasteiger charge is -2.26. The van der Waals surface area contributed by atoms with Crippen LogP contribution in [0.4, 0.5) is 11.5 Å². The van der Waals surface area contributed by atoms with E-state index in [1.54, 1.807) is 13.0 Å². The number of ether oxygens (including phenoxy) is 1. The van der Waals surface area contributed by atoms with Crippen molar-refractivity contribution >= 4 is 17.5 Å². The summed E-state index contributed by atoms with van der Waals surface area (Å²) in [7, 11) is 2.00. The third kappa shape index (κ3) is 2.97. The number of carbonyl (C=O) groups is 1. The molecular formula is C14H21N3O2. The molecule has 1 aliphatic carbocycles. The summed E-state index contributed by atoms with van der Waals surface area (Å²) in [5.74, 6) is 1.10. The van der Waals surface area contributed by atoms with E-state index in [-0.39, 0.29) is 0 Å². The first kappa shape index (κ1) is 13.6. The first-order valence-corrected chi connectivity index (χ1v) is 6.70. The number of nitrogens with zero attached hydrogens (tertiary/aromatic N) is 2. The molecule has 5 nitrogen and oxygen atoms in total. The normalized spacial score (nSPS) is 15.9. The maximum Gasteiger partial charge on any atom is 0.340 e. The summed E-state index contributed by atoms with van der Waals surface area (Å²) < 4.78 is 5.00. The molecule has 5 heteroatoms. The van der Waals surface area contributed by atoms with E-state index >= 15 is 0 Å². The second kappa shape index (κ2) is 5.47. The highest BCUT2D eigenvalue weighted by atomic mass is 16.5. The van der Waals surface area contributed by atoms with E-state index in [1.807, 2.05) is 7.05 Å². The highest BCUT2D eigenvalue weighted by Crippen LogP contribution is 2.36. The molecule has 1 fully saturated rings. The van der Waals surface area contributed by atoms with Gasteiger partial charge in [0.1, 0.15) is 5.82 Å². The Morgan fingerprint density at radius 2 is 2.32 bits per heavy atom. The molecule has 1 saturated carbocycles. The zero-order valence-electron chi connectivity index (χ0n) is 11.7. The second-order valence-electron chi connectivity index (χ2n) is 5.04. The summed E-state index contributed by atoms with van der Waals surface area (Å²) in [5, 5.41) is 0. The van der Waals surface area contributed by atoms with Crippen molar-refractivity contribution in [1.29, 1.82) is 0 Å². The van der Waals surface area contributed by atoms with E-state index in [2.05, 4.69) is 16.8 Å². The van der Waals surface area contributed by atoms with Crippen LogP contribution in [-0.4, -0.2) is 30.6 Å². The number of rotatable bonds is 5. The molecule has 1 aromatic heterocycles. The zero-order chi connectivity index (χ0) is 14.0. The molecule has 2 N–H and O–H groups in total. The van der Waals surface area contributed by atoms with Crippen molar-refractivity contribution in [2.45, 2.75) is 32.7 Å². The van der Waals surface area contributed by atoms with Crippen molar-refractivity contribution in [3.63, 3.8) is 0 Å². The molecule has 0 saturated heterocycles. The fourth-order valence-corrected chi connectivity index (χ4v) is 2.14. The Labute approximate surface area is 113 Å². The summed E-state index contributed by atoms with van der Waals surface area (Å²) in [6, 6.07) is 2.14. The fraction of sp³-hybridized carbons (Fsp3) is 0.571. The van der Waals surface area contributed by atoms with Gasteiger partial charge in [0.15, 0.2) is 0 Å². The molecule has 1 heterocycles. The van der Waals surface area contributed by atoms with Crippen LogP contribution in [0.3, 0.4) is 0 Å². The Morgan fingerprint density at radius 3 is 2.89 bits per heavy atom. The van der Waals surface area contributed by atoms with Gasteiger partial charge in [0.2, 0.25) is 0 Å². The number of nitrogen functional groups attached to an aromatic ring is 1. The van der Waals surface area contributed by atoms with E-state index in [0.29, 0.717) is 23.9 Å². The predicted molar refractivity (Wildman–Crippen MR) is 75.2 cm³/mol. The Morgan fingerprint density at radius 1 is 1.63 bits per heavy atom. The van der Waals surface area contributed by atoms with Crippen LogP contribution in [0.2, 0.25) is 0 Å². The summed E-state index contributed by atoms with van der Waals surface area (Å²) >= 11 is 0. The lowest BCUT2D eigenvalue weighted by molar-refractivity contribution is 0.0527. The molecule has 0 spiro atoms. The largest absolute Gasteiger partial charge is 0.462 e. The van der Waals surface area contributed by atoms with Crippen LogP contribution in [0, 0.1) is 5.92 Å². The molecule has 1 unspecified atom stereocenters. The molecule has 2 rings (SSSR count). The van der Waals surface area contributed by atoms with Gasteiger partial charge < -0.3 is 15.4 Å². The number of pyridine rings is 1.